The highest BCUT2D eigenvalue weighted by Crippen LogP contribution is 2.41. The van der Waals surface area contributed by atoms with Gasteiger partial charge in [-0.15, -0.1) is 0 Å². The van der Waals surface area contributed by atoms with Gasteiger partial charge in [-0.25, -0.2) is 4.98 Å². The van der Waals surface area contributed by atoms with Crippen molar-refractivity contribution in [3.05, 3.63) is 90.0 Å². The summed E-state index contributed by atoms with van der Waals surface area (Å²) in [5, 5.41) is 0. The number of hydrogen-bond donors (Lipinski definition) is 0. The zero-order chi connectivity index (χ0) is 26.5. The number of amides is 1. The normalized spacial score (nSPS) is 16.9. The molecule has 0 unspecified atom stereocenters. The first kappa shape index (κ1) is 25.5. The molecule has 38 heavy (non-hydrogen) atoms. The second-order valence-corrected chi connectivity index (χ2v) is 9.12. The number of methoxy groups -OCH3 is 1. The fraction of sp³-hybridized carbons (Fsp3) is 0.300. The zero-order valence-corrected chi connectivity index (χ0v) is 21.6. The molecule has 1 aliphatic rings. The first-order valence-electron chi connectivity index (χ1n) is 12.8. The van der Waals surface area contributed by atoms with Crippen molar-refractivity contribution < 1.29 is 23.8 Å². The van der Waals surface area contributed by atoms with Crippen LogP contribution in [0.4, 0.5) is 5.95 Å². The first-order valence-corrected chi connectivity index (χ1v) is 12.8. The molecule has 3 aromatic carbocycles. The molecule has 4 aromatic rings. The third-order valence-electron chi connectivity index (χ3n) is 6.69. The summed E-state index contributed by atoms with van der Waals surface area (Å²) in [5.41, 5.74) is 3.46. The van der Waals surface area contributed by atoms with E-state index >= 15 is 0 Å². The summed E-state index contributed by atoms with van der Waals surface area (Å²) in [4.78, 5) is 33.6. The Balaban J connectivity index is 1.55. The van der Waals surface area contributed by atoms with Crippen LogP contribution in [0.5, 0.6) is 5.75 Å². The average Bonchev–Trinajstić information content (AvgIpc) is 3.33. The van der Waals surface area contributed by atoms with E-state index in [1.165, 1.54) is 0 Å². The molecular weight excluding hydrogens is 482 g/mol. The highest BCUT2D eigenvalue weighted by atomic mass is 16.5. The van der Waals surface area contributed by atoms with Crippen molar-refractivity contribution in [1.29, 1.82) is 0 Å². The van der Waals surface area contributed by atoms with Crippen molar-refractivity contribution in [3.8, 4) is 5.75 Å². The summed E-state index contributed by atoms with van der Waals surface area (Å²) < 4.78 is 18.6. The van der Waals surface area contributed by atoms with Crippen molar-refractivity contribution >= 4 is 28.9 Å². The molecule has 5 rings (SSSR count). The molecule has 2 atom stereocenters. The van der Waals surface area contributed by atoms with Gasteiger partial charge in [-0.3, -0.25) is 14.5 Å². The molecule has 0 aliphatic carbocycles. The number of aromatic nitrogens is 2. The molecule has 0 bridgehead atoms. The molecule has 2 heterocycles. The van der Waals surface area contributed by atoms with Crippen LogP contribution < -0.4 is 9.64 Å². The zero-order valence-electron chi connectivity index (χ0n) is 21.6. The van der Waals surface area contributed by atoms with Gasteiger partial charge in [0.1, 0.15) is 12.4 Å². The van der Waals surface area contributed by atoms with Crippen molar-refractivity contribution in [3.63, 3.8) is 0 Å². The van der Waals surface area contributed by atoms with E-state index in [0.717, 1.165) is 22.2 Å². The number of ether oxygens (including phenoxy) is 3. The summed E-state index contributed by atoms with van der Waals surface area (Å²) >= 11 is 0. The fourth-order valence-electron chi connectivity index (χ4n) is 4.93. The van der Waals surface area contributed by atoms with Crippen LogP contribution in [0.15, 0.2) is 78.9 Å². The molecular formula is C30H31N3O5. The van der Waals surface area contributed by atoms with Crippen LogP contribution in [0.2, 0.25) is 0 Å². The first-order chi connectivity index (χ1) is 18.6. The van der Waals surface area contributed by atoms with Crippen LogP contribution in [-0.2, 0) is 25.7 Å². The number of hydrogen-bond acceptors (Lipinski definition) is 6. The number of fused-ring (bicyclic) bond motifs is 3. The Labute approximate surface area is 221 Å². The monoisotopic (exact) mass is 513 g/mol. The maximum atomic E-state index is 13.9. The minimum absolute atomic E-state index is 0.183. The van der Waals surface area contributed by atoms with Gasteiger partial charge in [-0.05, 0) is 48.7 Å². The smallest absolute Gasteiger partial charge is 0.321 e. The Hall–Kier alpha value is -4.17. The molecule has 8 heteroatoms. The number of para-hydroxylation sites is 2. The standard InChI is InChI=1S/C30H31N3O5/c1-3-37-29(35)26-27(22-14-16-23(17-15-22)38-20-21-10-5-4-6-11-21)33-25-13-8-7-12-24(25)31-30(33)32(28(26)34)18-9-19-36-2/h4-8,10-17,26-27H,3,9,18-20H2,1-2H3/t26-,27+/m1/s1. The van der Waals surface area contributed by atoms with E-state index in [4.69, 9.17) is 19.2 Å². The highest BCUT2D eigenvalue weighted by Gasteiger charge is 2.47. The molecule has 0 radical (unpaired) electrons. The topological polar surface area (TPSA) is 82.9 Å². The Kier molecular flexibility index (Phi) is 7.70. The molecule has 0 saturated heterocycles. The third-order valence-corrected chi connectivity index (χ3v) is 6.69. The van der Waals surface area contributed by atoms with Gasteiger partial charge in [0.05, 0.1) is 23.7 Å². The van der Waals surface area contributed by atoms with Gasteiger partial charge in [0.2, 0.25) is 11.9 Å². The largest absolute Gasteiger partial charge is 0.489 e. The highest BCUT2D eigenvalue weighted by molar-refractivity contribution is 6.08. The third kappa shape index (κ3) is 4.99. The predicted octanol–water partition coefficient (Wildman–Crippen LogP) is 4.77. The van der Waals surface area contributed by atoms with Gasteiger partial charge in [-0.1, -0.05) is 54.6 Å². The Morgan fingerprint density at radius 2 is 1.71 bits per heavy atom. The van der Waals surface area contributed by atoms with Crippen LogP contribution in [-0.4, -0.2) is 48.3 Å². The van der Waals surface area contributed by atoms with E-state index in [1.54, 1.807) is 18.9 Å². The van der Waals surface area contributed by atoms with Gasteiger partial charge in [0.25, 0.3) is 0 Å². The number of benzene rings is 3. The Morgan fingerprint density at radius 3 is 2.45 bits per heavy atom. The number of imidazole rings is 1. The van der Waals surface area contributed by atoms with Gasteiger partial charge in [0.15, 0.2) is 5.92 Å². The van der Waals surface area contributed by atoms with Crippen molar-refractivity contribution in [1.82, 2.24) is 9.55 Å². The van der Waals surface area contributed by atoms with Crippen molar-refractivity contribution in [2.75, 3.05) is 31.8 Å². The minimum atomic E-state index is -1.06. The van der Waals surface area contributed by atoms with Crippen LogP contribution in [0.3, 0.4) is 0 Å². The number of esters is 1. The molecule has 1 aromatic heterocycles. The van der Waals surface area contributed by atoms with E-state index < -0.39 is 17.9 Å². The predicted molar refractivity (Wildman–Crippen MR) is 144 cm³/mol. The molecule has 1 amide bonds. The van der Waals surface area contributed by atoms with Gasteiger partial charge in [0, 0.05) is 20.3 Å². The SMILES string of the molecule is CCOC(=O)[C@H]1C(=O)N(CCCOC)c2nc3ccccc3n2[C@H]1c1ccc(OCc2ccccc2)cc1. The van der Waals surface area contributed by atoms with E-state index in [-0.39, 0.29) is 12.5 Å². The van der Waals surface area contributed by atoms with E-state index in [2.05, 4.69) is 0 Å². The Morgan fingerprint density at radius 1 is 0.974 bits per heavy atom. The van der Waals surface area contributed by atoms with E-state index in [1.807, 2.05) is 83.4 Å². The maximum Gasteiger partial charge on any atom is 0.321 e. The van der Waals surface area contributed by atoms with Crippen LogP contribution in [0.1, 0.15) is 30.5 Å². The van der Waals surface area contributed by atoms with Crippen molar-refractivity contribution in [2.45, 2.75) is 26.0 Å². The molecule has 0 spiro atoms. The van der Waals surface area contributed by atoms with Crippen molar-refractivity contribution in [2.24, 2.45) is 5.92 Å². The minimum Gasteiger partial charge on any atom is -0.489 e. The van der Waals surface area contributed by atoms with E-state index in [9.17, 15) is 9.59 Å². The lowest BCUT2D eigenvalue weighted by atomic mass is 9.89. The molecule has 0 fully saturated rings. The lowest BCUT2D eigenvalue weighted by Crippen LogP contribution is -2.50. The summed E-state index contributed by atoms with van der Waals surface area (Å²) in [6.07, 6.45) is 0.610. The van der Waals surface area contributed by atoms with Crippen LogP contribution >= 0.6 is 0 Å². The summed E-state index contributed by atoms with van der Waals surface area (Å²) in [7, 11) is 1.62. The number of anilines is 1. The molecule has 1 aliphatic heterocycles. The molecule has 8 nitrogen and oxygen atoms in total. The molecule has 196 valence electrons. The second kappa shape index (κ2) is 11.5. The molecule has 0 N–H and O–H groups in total. The summed E-state index contributed by atoms with van der Waals surface area (Å²) in [6, 6.07) is 24.6. The average molecular weight is 514 g/mol. The van der Waals surface area contributed by atoms with Gasteiger partial charge >= 0.3 is 5.97 Å². The summed E-state index contributed by atoms with van der Waals surface area (Å²) in [5.74, 6) is -0.714. The fourth-order valence-corrected chi connectivity index (χ4v) is 4.93. The lowest BCUT2D eigenvalue weighted by Gasteiger charge is -2.38. The molecule has 0 saturated carbocycles. The van der Waals surface area contributed by atoms with E-state index in [0.29, 0.717) is 37.9 Å². The van der Waals surface area contributed by atoms with Crippen LogP contribution in [0.25, 0.3) is 11.0 Å². The van der Waals surface area contributed by atoms with Gasteiger partial charge < -0.3 is 18.8 Å². The van der Waals surface area contributed by atoms with Crippen LogP contribution in [0, 0.1) is 5.92 Å². The maximum absolute atomic E-state index is 13.9. The summed E-state index contributed by atoms with van der Waals surface area (Å²) in [6.45, 7) is 3.24. The Bertz CT molecular complexity index is 1400. The second-order valence-electron chi connectivity index (χ2n) is 9.12. The number of carbonyl (C=O) groups excluding carboxylic acids is 2. The number of nitrogens with zero attached hydrogens (tertiary/aromatic N) is 3. The lowest BCUT2D eigenvalue weighted by molar-refractivity contribution is -0.153. The number of rotatable bonds is 10. The van der Waals surface area contributed by atoms with Gasteiger partial charge in [-0.2, -0.15) is 0 Å². The quantitative estimate of drug-likeness (QED) is 0.173. The number of carbonyl (C=O) groups is 2.